The molecule has 144 valence electrons. The lowest BCUT2D eigenvalue weighted by Crippen LogP contribution is -2.38. The highest BCUT2D eigenvalue weighted by Crippen LogP contribution is 2.37. The van der Waals surface area contributed by atoms with Crippen LogP contribution in [0.2, 0.25) is 0 Å². The largest absolute Gasteiger partial charge is 0.495 e. The minimum Gasteiger partial charge on any atom is -0.407 e. The van der Waals surface area contributed by atoms with Gasteiger partial charge in [0.15, 0.2) is 0 Å². The molecule has 2 nitrogen and oxygen atoms in total. The van der Waals surface area contributed by atoms with Gasteiger partial charge in [-0.2, -0.15) is 0 Å². The van der Waals surface area contributed by atoms with Crippen LogP contribution in [-0.2, 0) is 9.31 Å². The summed E-state index contributed by atoms with van der Waals surface area (Å²) in [7, 11) is -0.307. The third-order valence-electron chi connectivity index (χ3n) is 5.19. The highest BCUT2D eigenvalue weighted by Gasteiger charge is 2.26. The molecule has 0 aliphatic carbocycles. The summed E-state index contributed by atoms with van der Waals surface area (Å²) in [5.74, 6) is 0. The SMILES string of the molecule is CCCCOB(OCCCC)c1cc2ccccc2c2c1sc1ccccc12. The third kappa shape index (κ3) is 3.82. The molecule has 0 saturated carbocycles. The van der Waals surface area contributed by atoms with Gasteiger partial charge < -0.3 is 9.31 Å². The van der Waals surface area contributed by atoms with Crippen LogP contribution < -0.4 is 5.46 Å². The van der Waals surface area contributed by atoms with Gasteiger partial charge in [-0.15, -0.1) is 11.3 Å². The summed E-state index contributed by atoms with van der Waals surface area (Å²) in [6, 6.07) is 19.6. The molecule has 3 aromatic carbocycles. The van der Waals surface area contributed by atoms with Crippen LogP contribution in [0.4, 0.5) is 0 Å². The van der Waals surface area contributed by atoms with Gasteiger partial charge in [0.25, 0.3) is 0 Å². The normalized spacial score (nSPS) is 11.6. The number of unbranched alkanes of at least 4 members (excludes halogenated alkanes) is 2. The standard InChI is InChI=1S/C24H27BO2S/c1-3-5-15-26-25(27-16-6-4-2)21-17-18-11-7-8-12-19(18)23-20-13-9-10-14-22(20)28-24(21)23/h7-14,17H,3-6,15-16H2,1-2H3. The van der Waals surface area contributed by atoms with Crippen molar-refractivity contribution in [2.75, 3.05) is 13.2 Å². The molecule has 0 fully saturated rings. The van der Waals surface area contributed by atoms with E-state index in [-0.39, 0.29) is 7.12 Å². The van der Waals surface area contributed by atoms with Crippen molar-refractivity contribution in [3.63, 3.8) is 0 Å². The minimum atomic E-state index is -0.307. The molecule has 0 aliphatic rings. The molecule has 4 heteroatoms. The first kappa shape index (κ1) is 19.4. The van der Waals surface area contributed by atoms with Crippen LogP contribution in [0.3, 0.4) is 0 Å². The van der Waals surface area contributed by atoms with Crippen molar-refractivity contribution >= 4 is 54.9 Å². The van der Waals surface area contributed by atoms with Crippen molar-refractivity contribution in [1.82, 2.24) is 0 Å². The fourth-order valence-corrected chi connectivity index (χ4v) is 4.91. The molecule has 4 aromatic rings. The molecular weight excluding hydrogens is 363 g/mol. The van der Waals surface area contributed by atoms with Gasteiger partial charge in [-0.3, -0.25) is 0 Å². The maximum atomic E-state index is 6.25. The summed E-state index contributed by atoms with van der Waals surface area (Å²) in [6.07, 6.45) is 4.35. The maximum absolute atomic E-state index is 6.25. The molecule has 0 unspecified atom stereocenters. The zero-order valence-electron chi connectivity index (χ0n) is 16.7. The van der Waals surface area contributed by atoms with Gasteiger partial charge in [-0.1, -0.05) is 75.2 Å². The van der Waals surface area contributed by atoms with Crippen molar-refractivity contribution in [3.05, 3.63) is 54.6 Å². The Balaban J connectivity index is 1.89. The minimum absolute atomic E-state index is 0.307. The van der Waals surface area contributed by atoms with E-state index in [0.717, 1.165) is 38.9 Å². The van der Waals surface area contributed by atoms with Gasteiger partial charge in [-0.25, -0.2) is 0 Å². The number of hydrogen-bond donors (Lipinski definition) is 0. The predicted octanol–water partition coefficient (Wildman–Crippen LogP) is 6.54. The number of fused-ring (bicyclic) bond motifs is 5. The van der Waals surface area contributed by atoms with Crippen LogP contribution in [0.1, 0.15) is 39.5 Å². The first-order valence-corrected chi connectivity index (χ1v) is 11.2. The highest BCUT2D eigenvalue weighted by molar-refractivity contribution is 7.27. The average molecular weight is 390 g/mol. The topological polar surface area (TPSA) is 18.5 Å². The second-order valence-electron chi connectivity index (χ2n) is 7.27. The van der Waals surface area contributed by atoms with Crippen molar-refractivity contribution in [1.29, 1.82) is 0 Å². The van der Waals surface area contributed by atoms with Crippen molar-refractivity contribution in [2.45, 2.75) is 39.5 Å². The molecule has 1 heterocycles. The first-order chi connectivity index (χ1) is 13.8. The Hall–Kier alpha value is -1.88. The molecule has 0 radical (unpaired) electrons. The van der Waals surface area contributed by atoms with Crippen molar-refractivity contribution in [3.8, 4) is 0 Å². The van der Waals surface area contributed by atoms with Gasteiger partial charge in [0.05, 0.1) is 0 Å². The lowest BCUT2D eigenvalue weighted by atomic mass is 9.76. The lowest BCUT2D eigenvalue weighted by molar-refractivity contribution is 0.202. The summed E-state index contributed by atoms with van der Waals surface area (Å²) in [4.78, 5) is 0. The Morgan fingerprint density at radius 1 is 0.821 bits per heavy atom. The van der Waals surface area contributed by atoms with Crippen LogP contribution in [0.5, 0.6) is 0 Å². The van der Waals surface area contributed by atoms with Gasteiger partial charge in [0, 0.05) is 38.8 Å². The molecule has 1 aromatic heterocycles. The van der Waals surface area contributed by atoms with E-state index >= 15 is 0 Å². The van der Waals surface area contributed by atoms with E-state index in [2.05, 4.69) is 68.4 Å². The summed E-state index contributed by atoms with van der Waals surface area (Å²) in [6.45, 7) is 5.84. The molecule has 0 spiro atoms. The number of thiophene rings is 1. The Morgan fingerprint density at radius 2 is 1.46 bits per heavy atom. The summed E-state index contributed by atoms with van der Waals surface area (Å²) < 4.78 is 15.1. The Kier molecular flexibility index (Phi) is 6.31. The smallest absolute Gasteiger partial charge is 0.407 e. The van der Waals surface area contributed by atoms with Crippen LogP contribution in [0.15, 0.2) is 54.6 Å². The van der Waals surface area contributed by atoms with E-state index in [4.69, 9.17) is 9.31 Å². The molecule has 28 heavy (non-hydrogen) atoms. The average Bonchev–Trinajstić information content (AvgIpc) is 3.12. The van der Waals surface area contributed by atoms with Crippen LogP contribution in [0.25, 0.3) is 30.9 Å². The molecule has 4 rings (SSSR count). The van der Waals surface area contributed by atoms with Gasteiger partial charge >= 0.3 is 7.12 Å². The highest BCUT2D eigenvalue weighted by atomic mass is 32.1. The fourth-order valence-electron chi connectivity index (χ4n) is 3.67. The molecular formula is C24H27BO2S. The van der Waals surface area contributed by atoms with Gasteiger partial charge in [0.2, 0.25) is 0 Å². The fraction of sp³-hybridized carbons (Fsp3) is 0.333. The molecule has 0 atom stereocenters. The Bertz CT molecular complexity index is 1060. The van der Waals surface area contributed by atoms with E-state index in [1.807, 2.05) is 11.3 Å². The number of rotatable bonds is 9. The van der Waals surface area contributed by atoms with Crippen molar-refractivity contribution < 1.29 is 9.31 Å². The van der Waals surface area contributed by atoms with Crippen LogP contribution in [0, 0.1) is 0 Å². The van der Waals surface area contributed by atoms with Crippen molar-refractivity contribution in [2.24, 2.45) is 0 Å². The molecule has 0 amide bonds. The van der Waals surface area contributed by atoms with E-state index < -0.39 is 0 Å². The maximum Gasteiger partial charge on any atom is 0.495 e. The quantitative estimate of drug-likeness (QED) is 0.239. The Labute approximate surface area is 171 Å². The zero-order valence-corrected chi connectivity index (χ0v) is 17.6. The summed E-state index contributed by atoms with van der Waals surface area (Å²) in [5, 5.41) is 5.20. The molecule has 0 aliphatic heterocycles. The van der Waals surface area contributed by atoms with Crippen LogP contribution in [-0.4, -0.2) is 20.3 Å². The molecule has 0 saturated heterocycles. The molecule has 0 N–H and O–H groups in total. The number of hydrogen-bond acceptors (Lipinski definition) is 3. The van der Waals surface area contributed by atoms with Gasteiger partial charge in [0.1, 0.15) is 0 Å². The second-order valence-corrected chi connectivity index (χ2v) is 8.32. The third-order valence-corrected chi connectivity index (χ3v) is 6.41. The predicted molar refractivity (Wildman–Crippen MR) is 124 cm³/mol. The first-order valence-electron chi connectivity index (χ1n) is 10.4. The van der Waals surface area contributed by atoms with E-state index in [9.17, 15) is 0 Å². The summed E-state index contributed by atoms with van der Waals surface area (Å²) in [5.41, 5.74) is 1.17. The molecule has 0 bridgehead atoms. The lowest BCUT2D eigenvalue weighted by Gasteiger charge is -2.17. The second kappa shape index (κ2) is 9.08. The number of benzene rings is 3. The summed E-state index contributed by atoms with van der Waals surface area (Å²) >= 11 is 1.85. The zero-order chi connectivity index (χ0) is 19.3. The Morgan fingerprint density at radius 3 is 2.18 bits per heavy atom. The van der Waals surface area contributed by atoms with E-state index in [1.165, 1.54) is 36.4 Å². The van der Waals surface area contributed by atoms with Gasteiger partial charge in [-0.05, 0) is 29.7 Å². The monoisotopic (exact) mass is 390 g/mol. The van der Waals surface area contributed by atoms with Crippen LogP contribution >= 0.6 is 11.3 Å². The van der Waals surface area contributed by atoms with E-state index in [0.29, 0.717) is 0 Å². The van der Waals surface area contributed by atoms with E-state index in [1.54, 1.807) is 0 Å².